The van der Waals surface area contributed by atoms with E-state index in [1.165, 1.54) is 0 Å². The number of hydrogen-bond donors (Lipinski definition) is 1. The fourth-order valence-corrected chi connectivity index (χ4v) is 0.508. The van der Waals surface area contributed by atoms with Crippen molar-refractivity contribution in [2.45, 2.75) is 6.92 Å². The summed E-state index contributed by atoms with van der Waals surface area (Å²) in [4.78, 5) is 0. The number of rotatable bonds is 4. The van der Waals surface area contributed by atoms with Crippen LogP contribution in [0.25, 0.3) is 0 Å². The standard InChI is InChI=1S/C5H13NO2P.C2H6O/c1-6(2,3)4-5-8-9-7;1-2-3/h4-5H2,1-3H3;3H,2H2,1H3/q+1;. The van der Waals surface area contributed by atoms with Crippen molar-refractivity contribution in [1.29, 1.82) is 0 Å². The van der Waals surface area contributed by atoms with E-state index in [9.17, 15) is 4.57 Å². The van der Waals surface area contributed by atoms with Gasteiger partial charge in [0.1, 0.15) is 13.2 Å². The highest BCUT2D eigenvalue weighted by molar-refractivity contribution is 7.17. The van der Waals surface area contributed by atoms with Gasteiger partial charge in [-0.25, -0.2) is 4.57 Å². The molecule has 0 spiro atoms. The molecule has 0 rings (SSSR count). The van der Waals surface area contributed by atoms with Crippen molar-refractivity contribution >= 4 is 8.69 Å². The Morgan fingerprint density at radius 1 is 1.42 bits per heavy atom. The molecule has 0 aliphatic heterocycles. The number of hydrogen-bond acceptors (Lipinski definition) is 3. The zero-order valence-electron chi connectivity index (χ0n) is 8.28. The van der Waals surface area contributed by atoms with Gasteiger partial charge in [0.2, 0.25) is 0 Å². The molecule has 0 unspecified atom stereocenters. The Morgan fingerprint density at radius 3 is 2.08 bits per heavy atom. The predicted molar refractivity (Wildman–Crippen MR) is 49.2 cm³/mol. The topological polar surface area (TPSA) is 46.5 Å². The van der Waals surface area contributed by atoms with Crippen LogP contribution in [0.1, 0.15) is 6.92 Å². The highest BCUT2D eigenvalue weighted by Gasteiger charge is 2.04. The lowest BCUT2D eigenvalue weighted by Crippen LogP contribution is -2.37. The lowest BCUT2D eigenvalue weighted by atomic mass is 10.5. The molecular weight excluding hydrogens is 177 g/mol. The van der Waals surface area contributed by atoms with Gasteiger partial charge in [0.25, 0.3) is 0 Å². The first kappa shape index (κ1) is 14.5. The van der Waals surface area contributed by atoms with Crippen molar-refractivity contribution < 1.29 is 18.7 Å². The van der Waals surface area contributed by atoms with Gasteiger partial charge in [-0.05, 0) is 6.92 Å². The molecular formula is C7H19NO3P+. The zero-order valence-corrected chi connectivity index (χ0v) is 9.17. The third-order valence-electron chi connectivity index (χ3n) is 0.906. The normalized spacial score (nSPS) is 10.8. The fourth-order valence-electron chi connectivity index (χ4n) is 0.352. The second kappa shape index (κ2) is 9.07. The van der Waals surface area contributed by atoms with Crippen LogP contribution in [0.5, 0.6) is 0 Å². The lowest BCUT2D eigenvalue weighted by Gasteiger charge is -2.22. The molecule has 0 bridgehead atoms. The van der Waals surface area contributed by atoms with Crippen LogP contribution in [0.4, 0.5) is 0 Å². The van der Waals surface area contributed by atoms with Crippen LogP contribution >= 0.6 is 8.69 Å². The second-order valence-electron chi connectivity index (χ2n) is 3.24. The lowest BCUT2D eigenvalue weighted by molar-refractivity contribution is -0.870. The molecule has 0 heterocycles. The van der Waals surface area contributed by atoms with E-state index >= 15 is 0 Å². The Balaban J connectivity index is 0. The van der Waals surface area contributed by atoms with Crippen molar-refractivity contribution in [1.82, 2.24) is 0 Å². The van der Waals surface area contributed by atoms with Crippen LogP contribution in [0.15, 0.2) is 0 Å². The Kier molecular flexibility index (Phi) is 11.0. The van der Waals surface area contributed by atoms with Crippen LogP contribution in [0.3, 0.4) is 0 Å². The maximum Gasteiger partial charge on any atom is 0.327 e. The zero-order chi connectivity index (χ0) is 10.0. The summed E-state index contributed by atoms with van der Waals surface area (Å²) in [6, 6.07) is 0. The van der Waals surface area contributed by atoms with Crippen molar-refractivity contribution in [2.24, 2.45) is 0 Å². The number of aliphatic hydroxyl groups is 1. The van der Waals surface area contributed by atoms with Crippen LogP contribution in [-0.4, -0.2) is 50.5 Å². The molecule has 12 heavy (non-hydrogen) atoms. The van der Waals surface area contributed by atoms with Gasteiger partial charge in [0.05, 0.1) is 21.1 Å². The summed E-state index contributed by atoms with van der Waals surface area (Å²) in [6.45, 7) is 3.36. The molecule has 0 aliphatic rings. The van der Waals surface area contributed by atoms with Crippen LogP contribution in [0, 0.1) is 0 Å². The summed E-state index contributed by atoms with van der Waals surface area (Å²) in [7, 11) is 5.96. The van der Waals surface area contributed by atoms with E-state index < -0.39 is 0 Å². The SMILES string of the molecule is CCO.C[N+](C)(C)CCOP=O. The molecule has 1 N–H and O–H groups in total. The highest BCUT2D eigenvalue weighted by atomic mass is 31.1. The first-order valence-corrected chi connectivity index (χ1v) is 4.57. The number of likely N-dealkylation sites (N-methyl/N-ethyl adjacent to an activating group) is 1. The molecule has 4 nitrogen and oxygen atoms in total. The molecule has 0 saturated heterocycles. The number of aliphatic hydroxyl groups excluding tert-OH is 1. The van der Waals surface area contributed by atoms with Gasteiger partial charge in [-0.15, -0.1) is 0 Å². The molecule has 0 radical (unpaired) electrons. The first-order valence-electron chi connectivity index (χ1n) is 3.84. The van der Waals surface area contributed by atoms with Gasteiger partial charge in [0, 0.05) is 6.61 Å². The van der Waals surface area contributed by atoms with Gasteiger partial charge in [0.15, 0.2) is 0 Å². The molecule has 0 aromatic rings. The monoisotopic (exact) mass is 196 g/mol. The Hall–Kier alpha value is -0.0200. The van der Waals surface area contributed by atoms with Crippen LogP contribution < -0.4 is 0 Å². The molecule has 0 aliphatic carbocycles. The quantitative estimate of drug-likeness (QED) is 0.413. The third kappa shape index (κ3) is 22.5. The van der Waals surface area contributed by atoms with E-state index in [0.717, 1.165) is 11.0 Å². The van der Waals surface area contributed by atoms with Gasteiger partial charge in [-0.1, -0.05) is 0 Å². The molecule has 0 aromatic heterocycles. The van der Waals surface area contributed by atoms with E-state index in [4.69, 9.17) is 5.11 Å². The Labute approximate surface area is 76.0 Å². The summed E-state index contributed by atoms with van der Waals surface area (Å²) < 4.78 is 15.2. The minimum Gasteiger partial charge on any atom is -0.397 e. The first-order chi connectivity index (χ1) is 5.47. The number of quaternary nitrogens is 1. The summed E-state index contributed by atoms with van der Waals surface area (Å²) in [6.07, 6.45) is 0. The predicted octanol–water partition coefficient (Wildman–Crippen LogP) is 0.914. The molecule has 0 saturated carbocycles. The average molecular weight is 196 g/mol. The fraction of sp³-hybridized carbons (Fsp3) is 1.00. The van der Waals surface area contributed by atoms with E-state index in [1.807, 2.05) is 0 Å². The van der Waals surface area contributed by atoms with Crippen molar-refractivity contribution in [3.8, 4) is 0 Å². The van der Waals surface area contributed by atoms with Gasteiger partial charge < -0.3 is 9.59 Å². The molecule has 0 fully saturated rings. The Morgan fingerprint density at radius 2 is 1.83 bits per heavy atom. The third-order valence-corrected chi connectivity index (χ3v) is 1.19. The van der Waals surface area contributed by atoms with E-state index in [2.05, 4.69) is 25.7 Å². The van der Waals surface area contributed by atoms with E-state index in [-0.39, 0.29) is 15.3 Å². The van der Waals surface area contributed by atoms with Crippen molar-refractivity contribution in [3.63, 3.8) is 0 Å². The maximum atomic E-state index is 9.76. The van der Waals surface area contributed by atoms with Gasteiger partial charge in [-0.3, -0.25) is 4.52 Å². The van der Waals surface area contributed by atoms with E-state index in [0.29, 0.717) is 6.61 Å². The summed E-state index contributed by atoms with van der Waals surface area (Å²) in [5.74, 6) is 0. The smallest absolute Gasteiger partial charge is 0.327 e. The second-order valence-corrected chi connectivity index (χ2v) is 3.65. The van der Waals surface area contributed by atoms with Gasteiger partial charge in [-0.2, -0.15) is 0 Å². The maximum absolute atomic E-state index is 9.76. The Bertz CT molecular complexity index is 103. The van der Waals surface area contributed by atoms with Crippen molar-refractivity contribution in [3.05, 3.63) is 0 Å². The minimum absolute atomic E-state index is 0.217. The largest absolute Gasteiger partial charge is 0.397 e. The molecule has 0 amide bonds. The molecule has 5 heteroatoms. The van der Waals surface area contributed by atoms with Crippen LogP contribution in [-0.2, 0) is 9.09 Å². The van der Waals surface area contributed by atoms with Crippen molar-refractivity contribution in [2.75, 3.05) is 40.9 Å². The summed E-state index contributed by atoms with van der Waals surface area (Å²) in [5.41, 5.74) is 0. The molecule has 0 atom stereocenters. The number of nitrogens with zero attached hydrogens (tertiary/aromatic N) is 1. The molecule has 74 valence electrons. The summed E-state index contributed by atoms with van der Waals surface area (Å²) in [5, 5.41) is 7.57. The van der Waals surface area contributed by atoms with Gasteiger partial charge >= 0.3 is 8.69 Å². The molecule has 0 aromatic carbocycles. The van der Waals surface area contributed by atoms with E-state index in [1.54, 1.807) is 6.92 Å². The van der Waals surface area contributed by atoms with Crippen LogP contribution in [0.2, 0.25) is 0 Å². The average Bonchev–Trinajstić information content (AvgIpc) is 1.87. The highest BCUT2D eigenvalue weighted by Crippen LogP contribution is 1.96. The summed E-state index contributed by atoms with van der Waals surface area (Å²) >= 11 is 0. The minimum atomic E-state index is -0.217.